The van der Waals surface area contributed by atoms with Crippen LogP contribution < -0.4 is 5.32 Å². The van der Waals surface area contributed by atoms with E-state index in [9.17, 15) is 9.59 Å². The Balaban J connectivity index is 2.64. The Hall–Kier alpha value is -1.91. The van der Waals surface area contributed by atoms with E-state index in [1.165, 1.54) is 0 Å². The lowest BCUT2D eigenvalue weighted by Gasteiger charge is -2.03. The molecule has 0 aliphatic rings. The highest BCUT2D eigenvalue weighted by atomic mass is 16.5. The summed E-state index contributed by atoms with van der Waals surface area (Å²) in [6, 6.07) is 5.06. The zero-order valence-electron chi connectivity index (χ0n) is 8.40. The van der Waals surface area contributed by atoms with E-state index in [1.807, 2.05) is 0 Å². The SMILES string of the molecule is CCOC(=O)Cc1cccc(NC=O)n1. The van der Waals surface area contributed by atoms with Crippen molar-refractivity contribution < 1.29 is 14.3 Å². The smallest absolute Gasteiger partial charge is 0.311 e. The number of ether oxygens (including phenoxy) is 1. The van der Waals surface area contributed by atoms with Crippen LogP contribution in [0, 0.1) is 0 Å². The quantitative estimate of drug-likeness (QED) is 0.572. The number of hydrogen-bond acceptors (Lipinski definition) is 4. The number of carbonyl (C=O) groups is 2. The van der Waals surface area contributed by atoms with Crippen LogP contribution >= 0.6 is 0 Å². The predicted molar refractivity (Wildman–Crippen MR) is 54.3 cm³/mol. The van der Waals surface area contributed by atoms with Crippen LogP contribution in [0.4, 0.5) is 5.82 Å². The van der Waals surface area contributed by atoms with Gasteiger partial charge in [-0.05, 0) is 19.1 Å². The predicted octanol–water partition coefficient (Wildman–Crippen LogP) is 0.755. The first kappa shape index (κ1) is 11.2. The fourth-order valence-corrected chi connectivity index (χ4v) is 1.08. The standard InChI is InChI=1S/C10H12N2O3/c1-2-15-10(14)6-8-4-3-5-9(12-8)11-7-13/h3-5,7H,2,6H2,1H3,(H,11,12,13). The highest BCUT2D eigenvalue weighted by Crippen LogP contribution is 2.04. The van der Waals surface area contributed by atoms with E-state index in [2.05, 4.69) is 10.3 Å². The molecular weight excluding hydrogens is 196 g/mol. The Morgan fingerprint density at radius 3 is 3.07 bits per heavy atom. The van der Waals surface area contributed by atoms with Crippen molar-refractivity contribution in [2.24, 2.45) is 0 Å². The van der Waals surface area contributed by atoms with Crippen LogP contribution in [0.3, 0.4) is 0 Å². The van der Waals surface area contributed by atoms with Gasteiger partial charge in [0, 0.05) is 0 Å². The largest absolute Gasteiger partial charge is 0.466 e. The lowest BCUT2D eigenvalue weighted by Crippen LogP contribution is -2.09. The molecule has 0 saturated heterocycles. The van der Waals surface area contributed by atoms with E-state index in [0.717, 1.165) is 0 Å². The maximum atomic E-state index is 11.1. The number of pyridine rings is 1. The molecule has 1 aromatic heterocycles. The zero-order chi connectivity index (χ0) is 11.1. The number of carbonyl (C=O) groups excluding carboxylic acids is 2. The third kappa shape index (κ3) is 3.76. The fourth-order valence-electron chi connectivity index (χ4n) is 1.08. The second-order valence-electron chi connectivity index (χ2n) is 2.76. The summed E-state index contributed by atoms with van der Waals surface area (Å²) >= 11 is 0. The lowest BCUT2D eigenvalue weighted by atomic mass is 10.3. The molecule has 0 radical (unpaired) electrons. The Labute approximate surface area is 87.5 Å². The van der Waals surface area contributed by atoms with Gasteiger partial charge in [-0.25, -0.2) is 4.98 Å². The molecule has 0 fully saturated rings. The molecule has 80 valence electrons. The van der Waals surface area contributed by atoms with Crippen molar-refractivity contribution in [3.63, 3.8) is 0 Å². The van der Waals surface area contributed by atoms with E-state index >= 15 is 0 Å². The molecule has 0 aromatic carbocycles. The molecule has 0 aliphatic heterocycles. The van der Waals surface area contributed by atoms with Crippen LogP contribution in [0.5, 0.6) is 0 Å². The molecule has 0 bridgehead atoms. The number of aromatic nitrogens is 1. The van der Waals surface area contributed by atoms with Crippen LogP contribution in [0.25, 0.3) is 0 Å². The van der Waals surface area contributed by atoms with Crippen molar-refractivity contribution in [3.8, 4) is 0 Å². The molecule has 0 unspecified atom stereocenters. The second kappa shape index (κ2) is 5.74. The third-order valence-electron chi connectivity index (χ3n) is 1.64. The average Bonchev–Trinajstić information content (AvgIpc) is 2.19. The molecule has 0 saturated carbocycles. The van der Waals surface area contributed by atoms with Gasteiger partial charge in [0.1, 0.15) is 5.82 Å². The molecule has 1 aromatic rings. The molecule has 5 nitrogen and oxygen atoms in total. The van der Waals surface area contributed by atoms with Gasteiger partial charge >= 0.3 is 5.97 Å². The van der Waals surface area contributed by atoms with Crippen LogP contribution in [-0.4, -0.2) is 24.0 Å². The van der Waals surface area contributed by atoms with E-state index in [1.54, 1.807) is 25.1 Å². The first-order valence-corrected chi connectivity index (χ1v) is 4.58. The van der Waals surface area contributed by atoms with E-state index in [4.69, 9.17) is 4.74 Å². The second-order valence-corrected chi connectivity index (χ2v) is 2.76. The first-order valence-electron chi connectivity index (χ1n) is 4.58. The molecule has 15 heavy (non-hydrogen) atoms. The van der Waals surface area contributed by atoms with Crippen molar-refractivity contribution in [2.75, 3.05) is 11.9 Å². The summed E-state index contributed by atoms with van der Waals surface area (Å²) in [5, 5.41) is 2.41. The molecule has 0 spiro atoms. The summed E-state index contributed by atoms with van der Waals surface area (Å²) < 4.78 is 4.78. The summed E-state index contributed by atoms with van der Waals surface area (Å²) in [5.74, 6) is 0.0973. The minimum Gasteiger partial charge on any atom is -0.466 e. The Kier molecular flexibility index (Phi) is 4.28. The van der Waals surface area contributed by atoms with Crippen LogP contribution in [0.2, 0.25) is 0 Å². The van der Waals surface area contributed by atoms with Crippen LogP contribution in [0.15, 0.2) is 18.2 Å². The van der Waals surface area contributed by atoms with E-state index in [-0.39, 0.29) is 12.4 Å². The van der Waals surface area contributed by atoms with Crippen molar-refractivity contribution in [1.82, 2.24) is 4.98 Å². The lowest BCUT2D eigenvalue weighted by molar-refractivity contribution is -0.142. The molecule has 1 N–H and O–H groups in total. The van der Waals surface area contributed by atoms with Crippen molar-refractivity contribution in [3.05, 3.63) is 23.9 Å². The molecule has 1 amide bonds. The normalized spacial score (nSPS) is 9.40. The Morgan fingerprint density at radius 1 is 1.60 bits per heavy atom. The van der Waals surface area contributed by atoms with Gasteiger partial charge in [-0.3, -0.25) is 9.59 Å². The summed E-state index contributed by atoms with van der Waals surface area (Å²) in [6.45, 7) is 2.10. The molecule has 0 aliphatic carbocycles. The van der Waals surface area contributed by atoms with Gasteiger partial charge in [-0.1, -0.05) is 6.07 Å². The Morgan fingerprint density at radius 2 is 2.40 bits per heavy atom. The van der Waals surface area contributed by atoms with E-state index < -0.39 is 0 Å². The number of amides is 1. The number of anilines is 1. The minimum absolute atomic E-state index is 0.113. The highest BCUT2D eigenvalue weighted by Gasteiger charge is 2.05. The Bertz CT molecular complexity index is 352. The third-order valence-corrected chi connectivity index (χ3v) is 1.64. The van der Waals surface area contributed by atoms with Crippen molar-refractivity contribution >= 4 is 18.2 Å². The van der Waals surface area contributed by atoms with Gasteiger partial charge in [-0.2, -0.15) is 0 Å². The number of hydrogen-bond donors (Lipinski definition) is 1. The maximum absolute atomic E-state index is 11.1. The molecular formula is C10H12N2O3. The van der Waals surface area contributed by atoms with Crippen molar-refractivity contribution in [1.29, 1.82) is 0 Å². The van der Waals surface area contributed by atoms with Gasteiger partial charge in [0.2, 0.25) is 6.41 Å². The highest BCUT2D eigenvalue weighted by molar-refractivity contribution is 5.73. The van der Waals surface area contributed by atoms with E-state index in [0.29, 0.717) is 24.5 Å². The summed E-state index contributed by atoms with van der Waals surface area (Å²) in [7, 11) is 0. The van der Waals surface area contributed by atoms with Gasteiger partial charge in [0.05, 0.1) is 18.7 Å². The molecule has 1 heterocycles. The number of nitrogens with one attached hydrogen (secondary N) is 1. The number of esters is 1. The first-order chi connectivity index (χ1) is 7.26. The maximum Gasteiger partial charge on any atom is 0.311 e. The zero-order valence-corrected chi connectivity index (χ0v) is 8.40. The van der Waals surface area contributed by atoms with Gasteiger partial charge in [0.25, 0.3) is 0 Å². The van der Waals surface area contributed by atoms with Gasteiger partial charge in [0.15, 0.2) is 0 Å². The van der Waals surface area contributed by atoms with Gasteiger partial charge < -0.3 is 10.1 Å². The number of nitrogens with zero attached hydrogens (tertiary/aromatic N) is 1. The molecule has 0 atom stereocenters. The minimum atomic E-state index is -0.326. The van der Waals surface area contributed by atoms with Crippen LogP contribution in [-0.2, 0) is 20.7 Å². The fraction of sp³-hybridized carbons (Fsp3) is 0.300. The van der Waals surface area contributed by atoms with Crippen LogP contribution in [0.1, 0.15) is 12.6 Å². The van der Waals surface area contributed by atoms with Gasteiger partial charge in [-0.15, -0.1) is 0 Å². The average molecular weight is 208 g/mol. The summed E-state index contributed by atoms with van der Waals surface area (Å²) in [6.07, 6.45) is 0.651. The summed E-state index contributed by atoms with van der Waals surface area (Å²) in [4.78, 5) is 25.3. The molecule has 1 rings (SSSR count). The monoisotopic (exact) mass is 208 g/mol. The summed E-state index contributed by atoms with van der Waals surface area (Å²) in [5.41, 5.74) is 0.570. The number of rotatable bonds is 5. The van der Waals surface area contributed by atoms with Crippen molar-refractivity contribution in [2.45, 2.75) is 13.3 Å². The topological polar surface area (TPSA) is 68.3 Å². The molecule has 5 heteroatoms.